The third-order valence-corrected chi connectivity index (χ3v) is 2.74. The molecule has 16 heavy (non-hydrogen) atoms. The topological polar surface area (TPSA) is 53.8 Å². The van der Waals surface area contributed by atoms with Gasteiger partial charge in [-0.3, -0.25) is 0 Å². The van der Waals surface area contributed by atoms with Crippen molar-refractivity contribution in [2.24, 2.45) is 5.73 Å². The van der Waals surface area contributed by atoms with Crippen molar-refractivity contribution in [2.75, 3.05) is 7.05 Å². The molecule has 0 saturated carbocycles. The predicted octanol–water partition coefficient (Wildman–Crippen LogP) is 1.78. The molecular weight excluding hydrogens is 198 g/mol. The molecular formula is C13H17N3. The molecule has 0 aliphatic heterocycles. The normalized spacial score (nSPS) is 12.6. The van der Waals surface area contributed by atoms with E-state index in [1.54, 1.807) is 0 Å². The van der Waals surface area contributed by atoms with Gasteiger partial charge in [-0.25, -0.2) is 0 Å². The van der Waals surface area contributed by atoms with E-state index in [0.29, 0.717) is 6.54 Å². The summed E-state index contributed by atoms with van der Waals surface area (Å²) in [5, 5.41) is 3.30. The highest BCUT2D eigenvalue weighted by molar-refractivity contribution is 5.31. The lowest BCUT2D eigenvalue weighted by atomic mass is 10.0. The smallest absolute Gasteiger partial charge is 0.0726 e. The van der Waals surface area contributed by atoms with Gasteiger partial charge in [0.1, 0.15) is 0 Å². The van der Waals surface area contributed by atoms with Crippen LogP contribution in [-0.4, -0.2) is 12.0 Å². The van der Waals surface area contributed by atoms with Crippen molar-refractivity contribution in [2.45, 2.75) is 12.6 Å². The van der Waals surface area contributed by atoms with Crippen molar-refractivity contribution < 1.29 is 0 Å². The monoisotopic (exact) mass is 215 g/mol. The van der Waals surface area contributed by atoms with Gasteiger partial charge in [0, 0.05) is 18.4 Å². The zero-order chi connectivity index (χ0) is 11.4. The summed E-state index contributed by atoms with van der Waals surface area (Å²) in [5.74, 6) is 0. The van der Waals surface area contributed by atoms with Gasteiger partial charge in [-0.15, -0.1) is 0 Å². The lowest BCUT2D eigenvalue weighted by Gasteiger charge is -2.16. The van der Waals surface area contributed by atoms with E-state index in [4.69, 9.17) is 5.73 Å². The van der Waals surface area contributed by atoms with Crippen LogP contribution in [0.15, 0.2) is 42.6 Å². The number of nitrogens with two attached hydrogens (primary N) is 1. The van der Waals surface area contributed by atoms with Crippen LogP contribution >= 0.6 is 0 Å². The second-order valence-corrected chi connectivity index (χ2v) is 3.80. The molecule has 0 amide bonds. The Labute approximate surface area is 95.7 Å². The van der Waals surface area contributed by atoms with E-state index in [2.05, 4.69) is 28.5 Å². The molecule has 2 rings (SSSR count). The summed E-state index contributed by atoms with van der Waals surface area (Å²) in [5.41, 5.74) is 9.20. The van der Waals surface area contributed by atoms with E-state index in [-0.39, 0.29) is 6.04 Å². The SMILES string of the molecule is CNC(c1cccc(CN)c1)c1ccc[nH]1. The van der Waals surface area contributed by atoms with E-state index in [1.807, 2.05) is 31.4 Å². The van der Waals surface area contributed by atoms with Crippen molar-refractivity contribution >= 4 is 0 Å². The molecule has 84 valence electrons. The molecule has 1 heterocycles. The van der Waals surface area contributed by atoms with Crippen LogP contribution in [0.3, 0.4) is 0 Å². The first-order valence-corrected chi connectivity index (χ1v) is 5.44. The molecule has 3 nitrogen and oxygen atoms in total. The summed E-state index contributed by atoms with van der Waals surface area (Å²) in [4.78, 5) is 3.23. The molecule has 1 unspecified atom stereocenters. The highest BCUT2D eigenvalue weighted by atomic mass is 14.9. The Morgan fingerprint density at radius 3 is 2.81 bits per heavy atom. The van der Waals surface area contributed by atoms with Gasteiger partial charge in [0.05, 0.1) is 6.04 Å². The fraction of sp³-hybridized carbons (Fsp3) is 0.231. The Hall–Kier alpha value is -1.58. The van der Waals surface area contributed by atoms with Gasteiger partial charge in [0.2, 0.25) is 0 Å². The van der Waals surface area contributed by atoms with E-state index in [1.165, 1.54) is 5.56 Å². The molecule has 0 radical (unpaired) electrons. The maximum absolute atomic E-state index is 5.65. The van der Waals surface area contributed by atoms with Crippen molar-refractivity contribution in [1.29, 1.82) is 0 Å². The van der Waals surface area contributed by atoms with Crippen molar-refractivity contribution in [3.05, 3.63) is 59.4 Å². The van der Waals surface area contributed by atoms with Crippen LogP contribution in [0.2, 0.25) is 0 Å². The average Bonchev–Trinajstić information content (AvgIpc) is 2.84. The summed E-state index contributed by atoms with van der Waals surface area (Å²) in [6, 6.07) is 12.6. The molecule has 0 spiro atoms. The van der Waals surface area contributed by atoms with Gasteiger partial charge in [0.15, 0.2) is 0 Å². The summed E-state index contributed by atoms with van der Waals surface area (Å²) in [6.45, 7) is 0.578. The van der Waals surface area contributed by atoms with E-state index >= 15 is 0 Å². The Bertz CT molecular complexity index is 434. The third-order valence-electron chi connectivity index (χ3n) is 2.74. The number of rotatable bonds is 4. The van der Waals surface area contributed by atoms with E-state index < -0.39 is 0 Å². The molecule has 2 aromatic rings. The quantitative estimate of drug-likeness (QED) is 0.728. The zero-order valence-electron chi connectivity index (χ0n) is 9.40. The van der Waals surface area contributed by atoms with Gasteiger partial charge in [0.25, 0.3) is 0 Å². The Balaban J connectivity index is 2.33. The average molecular weight is 215 g/mol. The third kappa shape index (κ3) is 2.15. The lowest BCUT2D eigenvalue weighted by Crippen LogP contribution is -2.18. The van der Waals surface area contributed by atoms with Crippen molar-refractivity contribution in [3.8, 4) is 0 Å². The highest BCUT2D eigenvalue weighted by Gasteiger charge is 2.12. The predicted molar refractivity (Wildman–Crippen MR) is 66.0 cm³/mol. The Morgan fingerprint density at radius 1 is 1.31 bits per heavy atom. The fourth-order valence-corrected chi connectivity index (χ4v) is 1.93. The maximum Gasteiger partial charge on any atom is 0.0726 e. The number of aromatic nitrogens is 1. The number of benzene rings is 1. The molecule has 1 aromatic carbocycles. The van der Waals surface area contributed by atoms with Crippen LogP contribution in [0.1, 0.15) is 22.9 Å². The first-order valence-electron chi connectivity index (χ1n) is 5.44. The summed E-state index contributed by atoms with van der Waals surface area (Å²) >= 11 is 0. The van der Waals surface area contributed by atoms with Crippen LogP contribution in [0.5, 0.6) is 0 Å². The Kier molecular flexibility index (Phi) is 3.39. The number of hydrogen-bond donors (Lipinski definition) is 3. The molecule has 0 aliphatic carbocycles. The largest absolute Gasteiger partial charge is 0.363 e. The van der Waals surface area contributed by atoms with Gasteiger partial charge >= 0.3 is 0 Å². The number of H-pyrrole nitrogens is 1. The van der Waals surface area contributed by atoms with Crippen LogP contribution in [0.4, 0.5) is 0 Å². The second kappa shape index (κ2) is 4.96. The van der Waals surface area contributed by atoms with E-state index in [0.717, 1.165) is 11.3 Å². The zero-order valence-corrected chi connectivity index (χ0v) is 9.40. The van der Waals surface area contributed by atoms with Crippen LogP contribution in [0.25, 0.3) is 0 Å². The van der Waals surface area contributed by atoms with Crippen LogP contribution in [0, 0.1) is 0 Å². The fourth-order valence-electron chi connectivity index (χ4n) is 1.93. The van der Waals surface area contributed by atoms with Gasteiger partial charge < -0.3 is 16.0 Å². The number of hydrogen-bond acceptors (Lipinski definition) is 2. The molecule has 1 aromatic heterocycles. The minimum absolute atomic E-state index is 0.196. The molecule has 0 bridgehead atoms. The van der Waals surface area contributed by atoms with Crippen molar-refractivity contribution in [3.63, 3.8) is 0 Å². The van der Waals surface area contributed by atoms with Crippen LogP contribution in [-0.2, 0) is 6.54 Å². The summed E-state index contributed by atoms with van der Waals surface area (Å²) < 4.78 is 0. The van der Waals surface area contributed by atoms with Crippen LogP contribution < -0.4 is 11.1 Å². The summed E-state index contributed by atoms with van der Waals surface area (Å²) in [7, 11) is 1.96. The Morgan fingerprint density at radius 2 is 2.19 bits per heavy atom. The highest BCUT2D eigenvalue weighted by Crippen LogP contribution is 2.20. The number of nitrogens with one attached hydrogen (secondary N) is 2. The molecule has 0 aliphatic rings. The molecule has 1 atom stereocenters. The maximum atomic E-state index is 5.65. The lowest BCUT2D eigenvalue weighted by molar-refractivity contribution is 0.674. The minimum Gasteiger partial charge on any atom is -0.363 e. The van der Waals surface area contributed by atoms with Gasteiger partial charge in [-0.05, 0) is 30.3 Å². The molecule has 4 N–H and O–H groups in total. The van der Waals surface area contributed by atoms with Gasteiger partial charge in [-0.1, -0.05) is 24.3 Å². The summed E-state index contributed by atoms with van der Waals surface area (Å²) in [6.07, 6.45) is 1.94. The van der Waals surface area contributed by atoms with Gasteiger partial charge in [-0.2, -0.15) is 0 Å². The molecule has 0 fully saturated rings. The second-order valence-electron chi connectivity index (χ2n) is 3.80. The first-order chi connectivity index (χ1) is 7.85. The molecule has 0 saturated heterocycles. The van der Waals surface area contributed by atoms with Crippen molar-refractivity contribution in [1.82, 2.24) is 10.3 Å². The first kappa shape index (κ1) is 10.9. The molecule has 3 heteroatoms. The van der Waals surface area contributed by atoms with E-state index in [9.17, 15) is 0 Å². The number of aromatic amines is 1. The minimum atomic E-state index is 0.196. The standard InChI is InChI=1S/C13H17N3/c1-15-13(12-6-3-7-16-12)11-5-2-4-10(8-11)9-14/h2-8,13,15-16H,9,14H2,1H3.